The van der Waals surface area contributed by atoms with Gasteiger partial charge in [0.2, 0.25) is 10.0 Å². The first-order valence-electron chi connectivity index (χ1n) is 14.9. The van der Waals surface area contributed by atoms with Gasteiger partial charge in [-0.05, 0) is 58.1 Å². The quantitative estimate of drug-likeness (QED) is 0.145. The van der Waals surface area contributed by atoms with Gasteiger partial charge in [0.05, 0.1) is 23.7 Å². The lowest BCUT2D eigenvalue weighted by Gasteiger charge is -2.36. The van der Waals surface area contributed by atoms with Gasteiger partial charge in [0.25, 0.3) is 0 Å². The van der Waals surface area contributed by atoms with Crippen molar-refractivity contribution in [2.75, 3.05) is 5.75 Å². The Hall–Kier alpha value is -3.76. The van der Waals surface area contributed by atoms with E-state index < -0.39 is 16.3 Å². The lowest BCUT2D eigenvalue weighted by atomic mass is 9.99. The van der Waals surface area contributed by atoms with Crippen LogP contribution in [0.1, 0.15) is 41.1 Å². The van der Waals surface area contributed by atoms with Gasteiger partial charge in [-0.3, -0.25) is 0 Å². The molecule has 5 aromatic rings. The molecule has 1 aliphatic heterocycles. The van der Waals surface area contributed by atoms with Crippen LogP contribution in [0.2, 0.25) is 0 Å². The van der Waals surface area contributed by atoms with Crippen LogP contribution < -0.4 is 4.72 Å². The van der Waals surface area contributed by atoms with Crippen molar-refractivity contribution in [1.82, 2.24) is 4.72 Å². The van der Waals surface area contributed by atoms with Crippen LogP contribution in [-0.4, -0.2) is 25.4 Å². The molecule has 6 nitrogen and oxygen atoms in total. The summed E-state index contributed by atoms with van der Waals surface area (Å²) in [6.45, 7) is 0.197. The van der Waals surface area contributed by atoms with Crippen LogP contribution in [0.4, 0.5) is 0 Å². The van der Waals surface area contributed by atoms with Crippen LogP contribution in [0.25, 0.3) is 11.1 Å². The van der Waals surface area contributed by atoms with E-state index >= 15 is 0 Å². The molecule has 0 aromatic heterocycles. The van der Waals surface area contributed by atoms with Gasteiger partial charge >= 0.3 is 0 Å². The molecule has 0 aliphatic carbocycles. The normalized spacial score (nSPS) is 18.5. The minimum absolute atomic E-state index is 0.00639. The standard InChI is InChI=1S/C37H35NO5S2/c39-25-27-14-16-30(17-15-27)36-23-33(26-44-34-10-3-1-4-11-34)42-37(43-36)31-20-18-29(19-21-31)32-9-7-8-28(22-32)24-38-45(40,41)35-12-5-2-6-13-35/h1-22,33,36-39H,23-26H2. The number of benzene rings is 5. The second-order valence-electron chi connectivity index (χ2n) is 10.9. The minimum atomic E-state index is -3.60. The summed E-state index contributed by atoms with van der Waals surface area (Å²) in [7, 11) is -3.60. The molecule has 0 spiro atoms. The Kier molecular flexibility index (Phi) is 10.1. The SMILES string of the molecule is O=S(=O)(NCc1cccc(-c2ccc(C3OC(CSc4ccccc4)CC(c4ccc(CO)cc4)O3)cc2)c1)c1ccccc1. The predicted octanol–water partition coefficient (Wildman–Crippen LogP) is 7.66. The van der Waals surface area contributed by atoms with E-state index in [1.165, 1.54) is 4.90 Å². The first-order chi connectivity index (χ1) is 22.0. The van der Waals surface area contributed by atoms with Crippen molar-refractivity contribution in [1.29, 1.82) is 0 Å². The van der Waals surface area contributed by atoms with Crippen molar-refractivity contribution in [2.24, 2.45) is 0 Å². The van der Waals surface area contributed by atoms with Crippen molar-refractivity contribution in [2.45, 2.75) is 47.9 Å². The fourth-order valence-corrected chi connectivity index (χ4v) is 7.26. The molecule has 0 amide bonds. The van der Waals surface area contributed by atoms with E-state index in [9.17, 15) is 13.5 Å². The number of sulfonamides is 1. The van der Waals surface area contributed by atoms with E-state index in [4.69, 9.17) is 9.47 Å². The van der Waals surface area contributed by atoms with Gasteiger partial charge in [0, 0.05) is 29.2 Å². The lowest BCUT2D eigenvalue weighted by Crippen LogP contribution is -2.31. The number of hydrogen-bond acceptors (Lipinski definition) is 6. The van der Waals surface area contributed by atoms with Crippen LogP contribution in [0.5, 0.6) is 0 Å². The molecule has 0 bridgehead atoms. The molecule has 0 saturated carbocycles. The number of ether oxygens (including phenoxy) is 2. The molecule has 3 unspecified atom stereocenters. The van der Waals surface area contributed by atoms with E-state index in [0.717, 1.165) is 45.6 Å². The summed E-state index contributed by atoms with van der Waals surface area (Å²) >= 11 is 1.78. The first-order valence-corrected chi connectivity index (χ1v) is 17.4. The molecule has 3 atom stereocenters. The number of aliphatic hydroxyl groups is 1. The van der Waals surface area contributed by atoms with Gasteiger partial charge in [-0.15, -0.1) is 11.8 Å². The average Bonchev–Trinajstić information content (AvgIpc) is 3.11. The maximum atomic E-state index is 12.7. The zero-order valence-corrected chi connectivity index (χ0v) is 26.3. The van der Waals surface area contributed by atoms with E-state index in [2.05, 4.69) is 16.9 Å². The number of nitrogens with one attached hydrogen (secondary N) is 1. The van der Waals surface area contributed by atoms with Crippen LogP contribution in [0, 0.1) is 0 Å². The largest absolute Gasteiger partial charge is 0.392 e. The molecule has 45 heavy (non-hydrogen) atoms. The number of thioether (sulfide) groups is 1. The Balaban J connectivity index is 1.16. The van der Waals surface area contributed by atoms with E-state index in [-0.39, 0.29) is 30.3 Å². The second-order valence-corrected chi connectivity index (χ2v) is 13.8. The van der Waals surface area contributed by atoms with E-state index in [1.54, 1.807) is 42.1 Å². The average molecular weight is 638 g/mol. The summed E-state index contributed by atoms with van der Waals surface area (Å²) in [6, 6.07) is 42.6. The van der Waals surface area contributed by atoms with Gasteiger partial charge in [0.15, 0.2) is 6.29 Å². The van der Waals surface area contributed by atoms with Crippen LogP contribution >= 0.6 is 11.8 Å². The maximum Gasteiger partial charge on any atom is 0.240 e. The van der Waals surface area contributed by atoms with Gasteiger partial charge in [-0.1, -0.05) is 103 Å². The first kappa shape index (κ1) is 31.2. The predicted molar refractivity (Wildman–Crippen MR) is 178 cm³/mol. The highest BCUT2D eigenvalue weighted by Gasteiger charge is 2.32. The van der Waals surface area contributed by atoms with Crippen molar-refractivity contribution < 1.29 is 23.0 Å². The number of rotatable bonds is 11. The van der Waals surface area contributed by atoms with Crippen molar-refractivity contribution in [3.8, 4) is 11.1 Å². The summed E-state index contributed by atoms with van der Waals surface area (Å²) in [6.07, 6.45) is 0.0325. The van der Waals surface area contributed by atoms with Gasteiger partial charge in [-0.25, -0.2) is 13.1 Å². The van der Waals surface area contributed by atoms with Crippen LogP contribution in [0.3, 0.4) is 0 Å². The zero-order chi connectivity index (χ0) is 31.1. The Labute approximate surface area is 269 Å². The third kappa shape index (κ3) is 8.10. The van der Waals surface area contributed by atoms with Gasteiger partial charge < -0.3 is 14.6 Å². The Morgan fingerprint density at radius 3 is 2.11 bits per heavy atom. The third-order valence-electron chi connectivity index (χ3n) is 7.76. The fourth-order valence-electron chi connectivity index (χ4n) is 5.28. The summed E-state index contributed by atoms with van der Waals surface area (Å²) in [5.74, 6) is 0.800. The molecule has 0 radical (unpaired) electrons. The molecule has 1 aliphatic rings. The van der Waals surface area contributed by atoms with Crippen LogP contribution in [-0.2, 0) is 32.6 Å². The molecule has 1 fully saturated rings. The lowest BCUT2D eigenvalue weighted by molar-refractivity contribution is -0.245. The highest BCUT2D eigenvalue weighted by Crippen LogP contribution is 2.40. The number of hydrogen-bond donors (Lipinski definition) is 2. The molecule has 6 rings (SSSR count). The maximum absolute atomic E-state index is 12.7. The minimum Gasteiger partial charge on any atom is -0.392 e. The number of aliphatic hydroxyl groups excluding tert-OH is 1. The van der Waals surface area contributed by atoms with Gasteiger partial charge in [0.1, 0.15) is 0 Å². The summed E-state index contributed by atoms with van der Waals surface area (Å²) < 4.78 is 41.1. The molecule has 8 heteroatoms. The second kappa shape index (κ2) is 14.6. The Morgan fingerprint density at radius 2 is 1.40 bits per heavy atom. The highest BCUT2D eigenvalue weighted by molar-refractivity contribution is 7.99. The smallest absolute Gasteiger partial charge is 0.240 e. The van der Waals surface area contributed by atoms with Crippen molar-refractivity contribution in [3.63, 3.8) is 0 Å². The Bertz CT molecular complexity index is 1780. The van der Waals surface area contributed by atoms with E-state index in [0.29, 0.717) is 0 Å². The summed E-state index contributed by atoms with van der Waals surface area (Å²) in [5.41, 5.74) is 5.72. The van der Waals surface area contributed by atoms with Crippen molar-refractivity contribution in [3.05, 3.63) is 156 Å². The van der Waals surface area contributed by atoms with Crippen LogP contribution in [0.15, 0.2) is 143 Å². The topological polar surface area (TPSA) is 84.9 Å². The van der Waals surface area contributed by atoms with Gasteiger partial charge in [-0.2, -0.15) is 0 Å². The molecule has 1 heterocycles. The molecule has 2 N–H and O–H groups in total. The summed E-state index contributed by atoms with van der Waals surface area (Å²) in [4.78, 5) is 1.45. The molecular weight excluding hydrogens is 603 g/mol. The summed E-state index contributed by atoms with van der Waals surface area (Å²) in [5, 5.41) is 9.49. The molecule has 230 valence electrons. The van der Waals surface area contributed by atoms with E-state index in [1.807, 2.05) is 91.0 Å². The zero-order valence-electron chi connectivity index (χ0n) is 24.7. The third-order valence-corrected chi connectivity index (χ3v) is 10.3. The monoisotopic (exact) mass is 637 g/mol. The highest BCUT2D eigenvalue weighted by atomic mass is 32.2. The molecular formula is C37H35NO5S2. The molecule has 5 aromatic carbocycles. The molecule has 1 saturated heterocycles. The Morgan fingerprint density at radius 1 is 0.711 bits per heavy atom. The fraction of sp³-hybridized carbons (Fsp3) is 0.189. The van der Waals surface area contributed by atoms with Crippen molar-refractivity contribution >= 4 is 21.8 Å².